The minimum Gasteiger partial charge on any atom is -0.506 e. The van der Waals surface area contributed by atoms with Crippen molar-refractivity contribution in [3.8, 4) is 16.2 Å². The number of aromatic hydroxyl groups is 1. The van der Waals surface area contributed by atoms with Crippen LogP contribution in [0.25, 0.3) is 10.4 Å². The third-order valence-corrected chi connectivity index (χ3v) is 7.88. The van der Waals surface area contributed by atoms with E-state index in [1.807, 2.05) is 27.7 Å². The highest BCUT2D eigenvalue weighted by Gasteiger charge is 2.24. The van der Waals surface area contributed by atoms with Crippen LogP contribution < -0.4 is 5.43 Å². The zero-order valence-electron chi connectivity index (χ0n) is 19.3. The summed E-state index contributed by atoms with van der Waals surface area (Å²) in [6.07, 6.45) is 0. The fourth-order valence-corrected chi connectivity index (χ4v) is 5.61. The van der Waals surface area contributed by atoms with Gasteiger partial charge in [0.25, 0.3) is 11.8 Å². The van der Waals surface area contributed by atoms with Gasteiger partial charge in [-0.25, -0.2) is 5.43 Å². The lowest BCUT2D eigenvalue weighted by Crippen LogP contribution is -2.41. The molecule has 0 spiro atoms. The van der Waals surface area contributed by atoms with Gasteiger partial charge in [0.2, 0.25) is 0 Å². The van der Waals surface area contributed by atoms with Crippen molar-refractivity contribution in [1.29, 1.82) is 0 Å². The van der Waals surface area contributed by atoms with Gasteiger partial charge in [0, 0.05) is 17.5 Å². The topological polar surface area (TPSA) is 82.0 Å². The predicted molar refractivity (Wildman–Crippen MR) is 142 cm³/mol. The maximum atomic E-state index is 12.8. The Morgan fingerprint density at radius 2 is 1.68 bits per heavy atom. The molecule has 10 heteroatoms. The lowest BCUT2D eigenvalue weighted by molar-refractivity contribution is 0.0648. The van der Waals surface area contributed by atoms with Gasteiger partial charge in [-0.3, -0.25) is 9.59 Å². The molecule has 180 valence electrons. The Morgan fingerprint density at radius 1 is 1.03 bits per heavy atom. The van der Waals surface area contributed by atoms with Crippen LogP contribution in [-0.2, 0) is 0 Å². The third kappa shape index (κ3) is 5.63. The maximum Gasteiger partial charge on any atom is 0.281 e. The number of benzene rings is 1. The van der Waals surface area contributed by atoms with E-state index >= 15 is 0 Å². The van der Waals surface area contributed by atoms with Crippen LogP contribution in [-0.4, -0.2) is 39.6 Å². The average Bonchev–Trinajstić information content (AvgIpc) is 3.40. The highest BCUT2D eigenvalue weighted by molar-refractivity contribution is 7.16. The van der Waals surface area contributed by atoms with Crippen LogP contribution in [0.2, 0.25) is 10.0 Å². The molecule has 2 aromatic heterocycles. The Bertz CT molecular complexity index is 1240. The van der Waals surface area contributed by atoms with Crippen molar-refractivity contribution < 1.29 is 14.7 Å². The van der Waals surface area contributed by atoms with Gasteiger partial charge < -0.3 is 10.0 Å². The number of hydrazone groups is 1. The van der Waals surface area contributed by atoms with Crippen molar-refractivity contribution in [1.82, 2.24) is 10.3 Å². The molecule has 3 rings (SSSR count). The number of hydrogen-bond acceptors (Lipinski definition) is 6. The van der Waals surface area contributed by atoms with E-state index in [1.165, 1.54) is 11.3 Å². The molecule has 0 atom stereocenters. The number of nitrogens with one attached hydrogen (secondary N) is 1. The number of thiophene rings is 2. The average molecular weight is 539 g/mol. The number of carbonyl (C=O) groups excluding carboxylic acids is 2. The van der Waals surface area contributed by atoms with Crippen molar-refractivity contribution >= 4 is 63.4 Å². The first kappa shape index (κ1) is 26.2. The number of amides is 2. The minimum absolute atomic E-state index is 0.0466. The molecule has 2 N–H and O–H groups in total. The fourth-order valence-electron chi connectivity index (χ4n) is 3.47. The summed E-state index contributed by atoms with van der Waals surface area (Å²) < 4.78 is 0. The molecule has 0 aliphatic heterocycles. The van der Waals surface area contributed by atoms with E-state index < -0.39 is 5.91 Å². The molecule has 0 aliphatic rings. The van der Waals surface area contributed by atoms with Gasteiger partial charge >= 0.3 is 0 Å². The molecule has 0 unspecified atom stereocenters. The summed E-state index contributed by atoms with van der Waals surface area (Å²) in [7, 11) is 0. The van der Waals surface area contributed by atoms with E-state index in [2.05, 4.69) is 10.5 Å². The summed E-state index contributed by atoms with van der Waals surface area (Å²) in [6.45, 7) is 9.53. The summed E-state index contributed by atoms with van der Waals surface area (Å²) in [5.41, 5.74) is 4.17. The molecule has 6 nitrogen and oxygen atoms in total. The van der Waals surface area contributed by atoms with Crippen LogP contribution in [0, 0.1) is 0 Å². The SMILES string of the molecule is CC(=NNC(=O)c1ccc(C(=O)N(C(C)C)C(C)C)s1)c1csc(-c2ccc(Cl)c(Cl)c2)c1O. The molecular formula is C24H25Cl2N3O3S2. The molecule has 1 aromatic carbocycles. The molecule has 2 amide bonds. The first-order valence-corrected chi connectivity index (χ1v) is 13.0. The van der Waals surface area contributed by atoms with E-state index in [4.69, 9.17) is 23.2 Å². The van der Waals surface area contributed by atoms with Gasteiger partial charge in [-0.2, -0.15) is 5.10 Å². The van der Waals surface area contributed by atoms with Crippen LogP contribution in [0.15, 0.2) is 40.8 Å². The molecule has 0 bridgehead atoms. The fraction of sp³-hybridized carbons (Fsp3) is 0.292. The molecule has 0 saturated carbocycles. The molecular weight excluding hydrogens is 513 g/mol. The Hall–Kier alpha value is -2.39. The monoisotopic (exact) mass is 537 g/mol. The summed E-state index contributed by atoms with van der Waals surface area (Å²) >= 11 is 14.5. The first-order chi connectivity index (χ1) is 16.0. The Kier molecular flexibility index (Phi) is 8.41. The second-order valence-electron chi connectivity index (χ2n) is 8.16. The lowest BCUT2D eigenvalue weighted by atomic mass is 10.1. The van der Waals surface area contributed by atoms with E-state index in [9.17, 15) is 14.7 Å². The largest absolute Gasteiger partial charge is 0.506 e. The van der Waals surface area contributed by atoms with Crippen LogP contribution >= 0.6 is 45.9 Å². The Labute approximate surface area is 216 Å². The van der Waals surface area contributed by atoms with Crippen LogP contribution in [0.5, 0.6) is 5.75 Å². The van der Waals surface area contributed by atoms with Gasteiger partial charge in [-0.05, 0) is 64.4 Å². The van der Waals surface area contributed by atoms with E-state index in [0.29, 0.717) is 36.0 Å². The number of carbonyl (C=O) groups is 2. The standard InChI is InChI=1S/C24H25Cl2N3O3S2/c1-12(2)29(13(3)4)24(32)20-9-8-19(34-20)23(31)28-27-14(5)16-11-33-22(21(16)30)15-6-7-17(25)18(26)10-15/h6-13,30H,1-5H3,(H,28,31). The number of hydrogen-bond donors (Lipinski definition) is 2. The summed E-state index contributed by atoms with van der Waals surface area (Å²) in [5.74, 6) is -0.486. The van der Waals surface area contributed by atoms with Crippen molar-refractivity contribution in [2.24, 2.45) is 5.10 Å². The summed E-state index contributed by atoms with van der Waals surface area (Å²) in [4.78, 5) is 28.7. The molecule has 0 fully saturated rings. The van der Waals surface area contributed by atoms with Gasteiger partial charge in [0.1, 0.15) is 5.75 Å². The van der Waals surface area contributed by atoms with E-state index in [-0.39, 0.29) is 23.7 Å². The maximum absolute atomic E-state index is 12.8. The summed E-state index contributed by atoms with van der Waals surface area (Å²) in [5, 5.41) is 17.4. The van der Waals surface area contributed by atoms with Gasteiger partial charge in [0.15, 0.2) is 0 Å². The van der Waals surface area contributed by atoms with Crippen LogP contribution in [0.4, 0.5) is 0 Å². The minimum atomic E-state index is -0.427. The van der Waals surface area contributed by atoms with Crippen molar-refractivity contribution in [2.75, 3.05) is 0 Å². The number of rotatable bonds is 7. The second-order valence-corrected chi connectivity index (χ2v) is 10.9. The zero-order chi connectivity index (χ0) is 25.2. The smallest absolute Gasteiger partial charge is 0.281 e. The van der Waals surface area contributed by atoms with Crippen molar-refractivity contribution in [2.45, 2.75) is 46.7 Å². The highest BCUT2D eigenvalue weighted by atomic mass is 35.5. The number of halogens is 2. The molecule has 3 aromatic rings. The molecule has 0 radical (unpaired) electrons. The zero-order valence-corrected chi connectivity index (χ0v) is 22.5. The molecule has 0 saturated heterocycles. The highest BCUT2D eigenvalue weighted by Crippen LogP contribution is 2.40. The van der Waals surface area contributed by atoms with Gasteiger partial charge in [-0.15, -0.1) is 22.7 Å². The predicted octanol–water partition coefficient (Wildman–Crippen LogP) is 6.90. The molecule has 34 heavy (non-hydrogen) atoms. The van der Waals surface area contributed by atoms with Crippen LogP contribution in [0.1, 0.15) is 59.5 Å². The molecule has 2 heterocycles. The third-order valence-electron chi connectivity index (χ3n) is 5.05. The van der Waals surface area contributed by atoms with Crippen molar-refractivity contribution in [3.05, 3.63) is 61.1 Å². The summed E-state index contributed by atoms with van der Waals surface area (Å²) in [6, 6.07) is 8.49. The number of nitrogens with zero attached hydrogens (tertiary/aromatic N) is 2. The quantitative estimate of drug-likeness (QED) is 0.254. The van der Waals surface area contributed by atoms with Crippen molar-refractivity contribution in [3.63, 3.8) is 0 Å². The van der Waals surface area contributed by atoms with Gasteiger partial charge in [-0.1, -0.05) is 29.3 Å². The first-order valence-electron chi connectivity index (χ1n) is 10.5. The van der Waals surface area contributed by atoms with E-state index in [1.54, 1.807) is 47.5 Å². The molecule has 0 aliphatic carbocycles. The van der Waals surface area contributed by atoms with Gasteiger partial charge in [0.05, 0.1) is 36.0 Å². The lowest BCUT2D eigenvalue weighted by Gasteiger charge is -2.30. The van der Waals surface area contributed by atoms with E-state index in [0.717, 1.165) is 16.9 Å². The van der Waals surface area contributed by atoms with Crippen LogP contribution in [0.3, 0.4) is 0 Å². The normalized spacial score (nSPS) is 11.9. The second kappa shape index (κ2) is 10.9. The Balaban J connectivity index is 1.74. The Morgan fingerprint density at radius 3 is 2.29 bits per heavy atom.